The molecule has 0 bridgehead atoms. The molecule has 8 heteroatoms. The lowest BCUT2D eigenvalue weighted by molar-refractivity contribution is -0.384. The van der Waals surface area contributed by atoms with Crippen LogP contribution in [0.3, 0.4) is 0 Å². The van der Waals surface area contributed by atoms with Gasteiger partial charge in [0.05, 0.1) is 17.6 Å². The monoisotopic (exact) mass is 407 g/mol. The number of amides is 1. The number of non-ortho nitro benzene ring substituents is 1. The number of rotatable bonds is 8. The fraction of sp³-hybridized carbons (Fsp3) is 0.0909. The minimum absolute atomic E-state index is 0.0344. The first-order valence-electron chi connectivity index (χ1n) is 9.02. The van der Waals surface area contributed by atoms with Crippen LogP contribution in [0.25, 0.3) is 0 Å². The van der Waals surface area contributed by atoms with E-state index in [4.69, 9.17) is 4.74 Å². The van der Waals surface area contributed by atoms with Crippen molar-refractivity contribution < 1.29 is 18.8 Å². The first-order valence-corrected chi connectivity index (χ1v) is 9.02. The first kappa shape index (κ1) is 20.7. The minimum atomic E-state index is -0.448. The lowest BCUT2D eigenvalue weighted by atomic mass is 10.1. The van der Waals surface area contributed by atoms with Crippen LogP contribution in [-0.4, -0.2) is 17.0 Å². The van der Waals surface area contributed by atoms with Crippen molar-refractivity contribution >= 4 is 17.8 Å². The van der Waals surface area contributed by atoms with Gasteiger partial charge in [0, 0.05) is 12.1 Å². The number of hydrogen-bond acceptors (Lipinski definition) is 5. The average Bonchev–Trinajstić information content (AvgIpc) is 2.75. The molecule has 0 fully saturated rings. The van der Waals surface area contributed by atoms with E-state index in [-0.39, 0.29) is 30.4 Å². The van der Waals surface area contributed by atoms with Crippen molar-refractivity contribution in [3.05, 3.63) is 105 Å². The van der Waals surface area contributed by atoms with E-state index in [1.54, 1.807) is 48.5 Å². The number of carbonyl (C=O) groups excluding carboxylic acids is 1. The van der Waals surface area contributed by atoms with E-state index in [1.807, 2.05) is 0 Å². The number of nitrogens with one attached hydrogen (secondary N) is 1. The number of nitro benzene ring substituents is 1. The van der Waals surface area contributed by atoms with Gasteiger partial charge in [-0.3, -0.25) is 14.9 Å². The van der Waals surface area contributed by atoms with E-state index in [0.29, 0.717) is 11.3 Å². The first-order chi connectivity index (χ1) is 14.5. The largest absolute Gasteiger partial charge is 0.489 e. The molecule has 152 valence electrons. The van der Waals surface area contributed by atoms with Gasteiger partial charge in [0.2, 0.25) is 5.91 Å². The van der Waals surface area contributed by atoms with Crippen LogP contribution in [-0.2, 0) is 17.8 Å². The summed E-state index contributed by atoms with van der Waals surface area (Å²) in [5.41, 5.74) is 4.73. The number of carbonyl (C=O) groups is 1. The highest BCUT2D eigenvalue weighted by atomic mass is 19.1. The molecular weight excluding hydrogens is 389 g/mol. The molecule has 0 unspecified atom stereocenters. The lowest BCUT2D eigenvalue weighted by Crippen LogP contribution is -2.19. The predicted molar refractivity (Wildman–Crippen MR) is 110 cm³/mol. The molecule has 0 heterocycles. The van der Waals surface area contributed by atoms with Crippen LogP contribution in [0.2, 0.25) is 0 Å². The molecule has 0 spiro atoms. The Morgan fingerprint density at radius 1 is 1.00 bits per heavy atom. The third kappa shape index (κ3) is 6.23. The van der Waals surface area contributed by atoms with Crippen molar-refractivity contribution in [2.75, 3.05) is 0 Å². The number of nitrogens with zero attached hydrogens (tertiary/aromatic N) is 2. The number of halogens is 1. The van der Waals surface area contributed by atoms with Crippen molar-refractivity contribution in [1.29, 1.82) is 0 Å². The fourth-order valence-electron chi connectivity index (χ4n) is 2.54. The third-order valence-corrected chi connectivity index (χ3v) is 4.11. The van der Waals surface area contributed by atoms with E-state index in [1.165, 1.54) is 30.5 Å². The van der Waals surface area contributed by atoms with Crippen LogP contribution in [0.5, 0.6) is 5.75 Å². The Balaban J connectivity index is 1.46. The molecule has 3 aromatic carbocycles. The van der Waals surface area contributed by atoms with Crippen LogP contribution in [0, 0.1) is 15.9 Å². The molecular formula is C22H18FN3O4. The summed E-state index contributed by atoms with van der Waals surface area (Å²) in [6.45, 7) is 0.283. The van der Waals surface area contributed by atoms with E-state index in [0.717, 1.165) is 11.1 Å². The molecule has 0 aromatic heterocycles. The van der Waals surface area contributed by atoms with Crippen LogP contribution >= 0.6 is 0 Å². The van der Waals surface area contributed by atoms with Crippen LogP contribution in [0.4, 0.5) is 10.1 Å². The molecule has 3 rings (SSSR count). The van der Waals surface area contributed by atoms with Gasteiger partial charge in [0.1, 0.15) is 18.2 Å². The molecule has 0 aliphatic heterocycles. The lowest BCUT2D eigenvalue weighted by Gasteiger charge is -2.06. The normalized spacial score (nSPS) is 10.7. The van der Waals surface area contributed by atoms with Gasteiger partial charge in [0.15, 0.2) is 0 Å². The molecule has 0 radical (unpaired) electrons. The summed E-state index contributed by atoms with van der Waals surface area (Å²) in [5.74, 6) is -0.0240. The van der Waals surface area contributed by atoms with Gasteiger partial charge in [-0.15, -0.1) is 0 Å². The van der Waals surface area contributed by atoms with E-state index >= 15 is 0 Å². The Hall–Kier alpha value is -4.07. The quantitative estimate of drug-likeness (QED) is 0.347. The zero-order valence-electron chi connectivity index (χ0n) is 15.8. The molecule has 0 aliphatic rings. The summed E-state index contributed by atoms with van der Waals surface area (Å²) in [7, 11) is 0. The zero-order valence-corrected chi connectivity index (χ0v) is 15.8. The third-order valence-electron chi connectivity index (χ3n) is 4.11. The Kier molecular flexibility index (Phi) is 6.83. The number of ether oxygens (including phenoxy) is 1. The van der Waals surface area contributed by atoms with Crippen molar-refractivity contribution in [3.63, 3.8) is 0 Å². The molecule has 0 saturated carbocycles. The maximum absolute atomic E-state index is 12.9. The van der Waals surface area contributed by atoms with Gasteiger partial charge in [-0.25, -0.2) is 9.82 Å². The standard InChI is InChI=1S/C22H18FN3O4/c23-19-7-1-16(2-8-19)13-22(27)25-24-14-17-5-11-21(12-6-17)30-15-18-3-9-20(10-4-18)26(28)29/h1-12,14H,13,15H2,(H,25,27)/b24-14+. The molecule has 0 atom stereocenters. The summed E-state index contributed by atoms with van der Waals surface area (Å²) in [6, 6.07) is 18.9. The van der Waals surface area contributed by atoms with Gasteiger partial charge in [-0.1, -0.05) is 12.1 Å². The molecule has 1 N–H and O–H groups in total. The van der Waals surface area contributed by atoms with Crippen LogP contribution in [0.15, 0.2) is 77.9 Å². The summed E-state index contributed by atoms with van der Waals surface area (Å²) in [6.07, 6.45) is 1.61. The van der Waals surface area contributed by atoms with Gasteiger partial charge in [-0.05, 0) is 65.2 Å². The summed E-state index contributed by atoms with van der Waals surface area (Å²) in [5, 5.41) is 14.6. The molecule has 30 heavy (non-hydrogen) atoms. The Morgan fingerprint density at radius 2 is 1.63 bits per heavy atom. The summed E-state index contributed by atoms with van der Waals surface area (Å²) < 4.78 is 18.5. The Bertz CT molecular complexity index is 1030. The van der Waals surface area contributed by atoms with Crippen LogP contribution < -0.4 is 10.2 Å². The summed E-state index contributed by atoms with van der Waals surface area (Å²) >= 11 is 0. The SMILES string of the molecule is O=C(Cc1ccc(F)cc1)N/N=C/c1ccc(OCc2ccc([N+](=O)[O-])cc2)cc1. The van der Waals surface area contributed by atoms with E-state index in [9.17, 15) is 19.3 Å². The zero-order chi connectivity index (χ0) is 21.3. The van der Waals surface area contributed by atoms with Gasteiger partial charge in [0.25, 0.3) is 5.69 Å². The van der Waals surface area contributed by atoms with Crippen LogP contribution in [0.1, 0.15) is 16.7 Å². The number of nitro groups is 1. The highest BCUT2D eigenvalue weighted by Gasteiger charge is 2.05. The van der Waals surface area contributed by atoms with Crippen molar-refractivity contribution in [1.82, 2.24) is 5.43 Å². The number of hydrazone groups is 1. The minimum Gasteiger partial charge on any atom is -0.489 e. The Labute approximate surface area is 172 Å². The molecule has 3 aromatic rings. The number of hydrogen-bond donors (Lipinski definition) is 1. The second kappa shape index (κ2) is 9.92. The number of benzene rings is 3. The summed E-state index contributed by atoms with van der Waals surface area (Å²) in [4.78, 5) is 22.1. The van der Waals surface area contributed by atoms with Crippen molar-refractivity contribution in [2.24, 2.45) is 5.10 Å². The molecule has 7 nitrogen and oxygen atoms in total. The smallest absolute Gasteiger partial charge is 0.269 e. The topological polar surface area (TPSA) is 93.8 Å². The Morgan fingerprint density at radius 3 is 2.27 bits per heavy atom. The maximum atomic E-state index is 12.9. The molecule has 0 aliphatic carbocycles. The highest BCUT2D eigenvalue weighted by molar-refractivity contribution is 5.83. The average molecular weight is 407 g/mol. The van der Waals surface area contributed by atoms with Crippen molar-refractivity contribution in [3.8, 4) is 5.75 Å². The van der Waals surface area contributed by atoms with E-state index in [2.05, 4.69) is 10.5 Å². The molecule has 0 saturated heterocycles. The van der Waals surface area contributed by atoms with Gasteiger partial charge >= 0.3 is 0 Å². The molecule has 1 amide bonds. The van der Waals surface area contributed by atoms with Gasteiger partial charge in [-0.2, -0.15) is 5.10 Å². The second-order valence-corrected chi connectivity index (χ2v) is 6.38. The fourth-order valence-corrected chi connectivity index (χ4v) is 2.54. The van der Waals surface area contributed by atoms with Gasteiger partial charge < -0.3 is 4.74 Å². The van der Waals surface area contributed by atoms with E-state index < -0.39 is 4.92 Å². The maximum Gasteiger partial charge on any atom is 0.269 e. The predicted octanol–water partition coefficient (Wildman–Crippen LogP) is 4.01. The van der Waals surface area contributed by atoms with Crippen molar-refractivity contribution in [2.45, 2.75) is 13.0 Å². The highest BCUT2D eigenvalue weighted by Crippen LogP contribution is 2.16. The second-order valence-electron chi connectivity index (χ2n) is 6.38.